The fourth-order valence-corrected chi connectivity index (χ4v) is 2.97. The van der Waals surface area contributed by atoms with E-state index in [9.17, 15) is 18.4 Å². The first-order valence-corrected chi connectivity index (χ1v) is 9.05. The lowest BCUT2D eigenvalue weighted by atomic mass is 10.2. The van der Waals surface area contributed by atoms with Crippen molar-refractivity contribution in [1.82, 2.24) is 15.1 Å². The Labute approximate surface area is 162 Å². The maximum absolute atomic E-state index is 13.6. The molecule has 2 aromatic carbocycles. The number of rotatable bonds is 5. The zero-order valence-corrected chi connectivity index (χ0v) is 15.3. The minimum Gasteiger partial charge on any atom is -0.334 e. The summed E-state index contributed by atoms with van der Waals surface area (Å²) in [5, 5.41) is 5.44. The Balaban J connectivity index is 1.40. The number of anilines is 1. The molecular weight excluding hydrogens is 366 g/mol. The molecule has 1 fully saturated rings. The van der Waals surface area contributed by atoms with Gasteiger partial charge in [-0.05, 0) is 30.3 Å². The average molecular weight is 388 g/mol. The molecule has 148 valence electrons. The standard InChI is InChI=1S/C20H22F2N4O2/c21-16-5-7-17(8-6-16)24-19(27)14-25-9-11-26(12-10-25)20(28)23-13-15-3-1-2-4-18(15)22/h1-8H,9-14H2,(H,23,28)(H,24,27). The van der Waals surface area contributed by atoms with Crippen molar-refractivity contribution < 1.29 is 18.4 Å². The molecule has 3 rings (SSSR count). The molecule has 2 N–H and O–H groups in total. The van der Waals surface area contributed by atoms with Crippen molar-refractivity contribution in [3.05, 3.63) is 65.7 Å². The second kappa shape index (κ2) is 9.27. The number of amides is 3. The van der Waals surface area contributed by atoms with E-state index in [1.807, 2.05) is 4.90 Å². The molecule has 8 heteroatoms. The molecule has 0 aliphatic carbocycles. The Morgan fingerprint density at radius 3 is 2.29 bits per heavy atom. The first kappa shape index (κ1) is 19.8. The minimum absolute atomic E-state index is 0.131. The number of nitrogens with zero attached hydrogens (tertiary/aromatic N) is 2. The summed E-state index contributed by atoms with van der Waals surface area (Å²) in [6.45, 7) is 2.40. The normalized spacial score (nSPS) is 14.6. The first-order valence-electron chi connectivity index (χ1n) is 9.05. The summed E-state index contributed by atoms with van der Waals surface area (Å²) >= 11 is 0. The number of halogens is 2. The van der Waals surface area contributed by atoms with Crippen LogP contribution in [0.2, 0.25) is 0 Å². The van der Waals surface area contributed by atoms with Gasteiger partial charge in [0.05, 0.1) is 6.54 Å². The molecule has 0 aromatic heterocycles. The van der Waals surface area contributed by atoms with Crippen LogP contribution in [0.25, 0.3) is 0 Å². The Bertz CT molecular complexity index is 821. The quantitative estimate of drug-likeness (QED) is 0.827. The summed E-state index contributed by atoms with van der Waals surface area (Å²) in [7, 11) is 0. The van der Waals surface area contributed by atoms with Crippen LogP contribution in [0.15, 0.2) is 48.5 Å². The lowest BCUT2D eigenvalue weighted by Crippen LogP contribution is -2.52. The second-order valence-corrected chi connectivity index (χ2v) is 6.57. The number of hydrogen-bond acceptors (Lipinski definition) is 3. The van der Waals surface area contributed by atoms with Crippen molar-refractivity contribution in [3.63, 3.8) is 0 Å². The Hall–Kier alpha value is -3.00. The molecule has 1 aliphatic heterocycles. The summed E-state index contributed by atoms with van der Waals surface area (Å²) in [5.41, 5.74) is 0.976. The predicted molar refractivity (Wildman–Crippen MR) is 102 cm³/mol. The molecule has 1 saturated heterocycles. The highest BCUT2D eigenvalue weighted by Gasteiger charge is 2.22. The zero-order valence-electron chi connectivity index (χ0n) is 15.3. The zero-order chi connectivity index (χ0) is 19.9. The third kappa shape index (κ3) is 5.50. The van der Waals surface area contributed by atoms with E-state index in [1.54, 1.807) is 23.1 Å². The monoisotopic (exact) mass is 388 g/mol. The van der Waals surface area contributed by atoms with Crippen molar-refractivity contribution in [2.45, 2.75) is 6.54 Å². The van der Waals surface area contributed by atoms with Gasteiger partial charge >= 0.3 is 6.03 Å². The predicted octanol–water partition coefficient (Wildman–Crippen LogP) is 2.43. The van der Waals surface area contributed by atoms with E-state index in [4.69, 9.17) is 0 Å². The number of hydrogen-bond donors (Lipinski definition) is 2. The SMILES string of the molecule is O=C(CN1CCN(C(=O)NCc2ccccc2F)CC1)Nc1ccc(F)cc1. The van der Waals surface area contributed by atoms with Gasteiger partial charge in [-0.1, -0.05) is 18.2 Å². The molecule has 28 heavy (non-hydrogen) atoms. The van der Waals surface area contributed by atoms with Crippen molar-refractivity contribution >= 4 is 17.6 Å². The van der Waals surface area contributed by atoms with Crippen LogP contribution in [0.4, 0.5) is 19.3 Å². The third-order valence-electron chi connectivity index (χ3n) is 4.54. The summed E-state index contributed by atoms with van der Waals surface area (Å²) in [4.78, 5) is 27.9. The van der Waals surface area contributed by atoms with E-state index < -0.39 is 0 Å². The molecular formula is C20H22F2N4O2. The van der Waals surface area contributed by atoms with Gasteiger partial charge < -0.3 is 15.5 Å². The fraction of sp³-hybridized carbons (Fsp3) is 0.300. The summed E-state index contributed by atoms with van der Waals surface area (Å²) in [5.74, 6) is -0.897. The van der Waals surface area contributed by atoms with Crippen LogP contribution < -0.4 is 10.6 Å². The lowest BCUT2D eigenvalue weighted by Gasteiger charge is -2.34. The van der Waals surface area contributed by atoms with E-state index >= 15 is 0 Å². The van der Waals surface area contributed by atoms with Crippen molar-refractivity contribution in [3.8, 4) is 0 Å². The van der Waals surface area contributed by atoms with Crippen molar-refractivity contribution in [2.24, 2.45) is 0 Å². The van der Waals surface area contributed by atoms with Crippen LogP contribution in [-0.4, -0.2) is 54.5 Å². The van der Waals surface area contributed by atoms with Crippen LogP contribution in [0, 0.1) is 11.6 Å². The highest BCUT2D eigenvalue weighted by molar-refractivity contribution is 5.92. The van der Waals surface area contributed by atoms with Crippen molar-refractivity contribution in [2.75, 3.05) is 38.0 Å². The molecule has 0 spiro atoms. The van der Waals surface area contributed by atoms with E-state index in [0.717, 1.165) is 0 Å². The van der Waals surface area contributed by atoms with Gasteiger partial charge in [-0.15, -0.1) is 0 Å². The molecule has 1 aliphatic rings. The van der Waals surface area contributed by atoms with Gasteiger partial charge in [0.15, 0.2) is 0 Å². The maximum atomic E-state index is 13.6. The van der Waals surface area contributed by atoms with E-state index in [2.05, 4.69) is 10.6 Å². The molecule has 0 saturated carbocycles. The summed E-state index contributed by atoms with van der Waals surface area (Å²) < 4.78 is 26.5. The third-order valence-corrected chi connectivity index (χ3v) is 4.54. The van der Waals surface area contributed by atoms with E-state index in [-0.39, 0.29) is 36.7 Å². The minimum atomic E-state index is -0.359. The molecule has 6 nitrogen and oxygen atoms in total. The van der Waals surface area contributed by atoms with Gasteiger partial charge in [0.2, 0.25) is 5.91 Å². The van der Waals surface area contributed by atoms with Crippen LogP contribution in [-0.2, 0) is 11.3 Å². The van der Waals surface area contributed by atoms with Gasteiger partial charge in [-0.25, -0.2) is 13.6 Å². The highest BCUT2D eigenvalue weighted by atomic mass is 19.1. The summed E-state index contributed by atoms with van der Waals surface area (Å²) in [6, 6.07) is 11.6. The highest BCUT2D eigenvalue weighted by Crippen LogP contribution is 2.09. The molecule has 0 bridgehead atoms. The van der Waals surface area contributed by atoms with Gasteiger partial charge in [0.25, 0.3) is 0 Å². The van der Waals surface area contributed by atoms with Gasteiger partial charge in [0.1, 0.15) is 11.6 Å². The molecule has 2 aromatic rings. The van der Waals surface area contributed by atoms with E-state index in [0.29, 0.717) is 37.4 Å². The molecule has 0 unspecified atom stereocenters. The lowest BCUT2D eigenvalue weighted by molar-refractivity contribution is -0.117. The smallest absolute Gasteiger partial charge is 0.317 e. The van der Waals surface area contributed by atoms with E-state index in [1.165, 1.54) is 30.3 Å². The number of nitrogens with one attached hydrogen (secondary N) is 2. The molecule has 3 amide bonds. The van der Waals surface area contributed by atoms with Gasteiger partial charge in [0, 0.05) is 44.0 Å². The topological polar surface area (TPSA) is 64.7 Å². The Kier molecular flexibility index (Phi) is 6.54. The van der Waals surface area contributed by atoms with Crippen LogP contribution in [0.3, 0.4) is 0 Å². The van der Waals surface area contributed by atoms with Crippen LogP contribution in [0.5, 0.6) is 0 Å². The first-order chi connectivity index (χ1) is 13.5. The number of benzene rings is 2. The second-order valence-electron chi connectivity index (χ2n) is 6.57. The maximum Gasteiger partial charge on any atom is 0.317 e. The largest absolute Gasteiger partial charge is 0.334 e. The molecule has 1 heterocycles. The fourth-order valence-electron chi connectivity index (χ4n) is 2.97. The van der Waals surface area contributed by atoms with Crippen LogP contribution >= 0.6 is 0 Å². The Morgan fingerprint density at radius 1 is 0.929 bits per heavy atom. The van der Waals surface area contributed by atoms with Crippen LogP contribution in [0.1, 0.15) is 5.56 Å². The van der Waals surface area contributed by atoms with Gasteiger partial charge in [-0.2, -0.15) is 0 Å². The van der Waals surface area contributed by atoms with Gasteiger partial charge in [-0.3, -0.25) is 9.69 Å². The number of carbonyl (C=O) groups excluding carboxylic acids is 2. The number of carbonyl (C=O) groups is 2. The number of piperazine rings is 1. The average Bonchev–Trinajstić information content (AvgIpc) is 2.69. The molecule has 0 radical (unpaired) electrons. The number of urea groups is 1. The van der Waals surface area contributed by atoms with Crippen molar-refractivity contribution in [1.29, 1.82) is 0 Å². The molecule has 0 atom stereocenters. The Morgan fingerprint density at radius 2 is 1.61 bits per heavy atom. The summed E-state index contributed by atoms with van der Waals surface area (Å²) in [6.07, 6.45) is 0.